The minimum Gasteiger partial charge on any atom is -0.278 e. The van der Waals surface area contributed by atoms with Crippen molar-refractivity contribution in [1.82, 2.24) is 0 Å². The molecule has 1 aliphatic carbocycles. The first kappa shape index (κ1) is 14.0. The first-order valence-electron chi connectivity index (χ1n) is 7.53. The highest BCUT2D eigenvalue weighted by atomic mass is 35.5. The summed E-state index contributed by atoms with van der Waals surface area (Å²) in [6.45, 7) is 1.99. The maximum absolute atomic E-state index is 6.18. The average molecular weight is 319 g/mol. The number of hydrogen-bond acceptors (Lipinski definition) is 2. The molecule has 3 heteroatoms. The molecule has 0 bridgehead atoms. The highest BCUT2D eigenvalue weighted by Crippen LogP contribution is 2.36. The Morgan fingerprint density at radius 1 is 0.783 bits per heavy atom. The number of rotatable bonds is 2. The van der Waals surface area contributed by atoms with Crippen molar-refractivity contribution in [3.63, 3.8) is 0 Å². The number of hydrogen-bond donors (Lipinski definition) is 1. The van der Waals surface area contributed by atoms with E-state index in [-0.39, 0.29) is 0 Å². The Hall–Kier alpha value is -2.58. The van der Waals surface area contributed by atoms with Crippen molar-refractivity contribution in [1.29, 1.82) is 0 Å². The van der Waals surface area contributed by atoms with E-state index in [2.05, 4.69) is 46.9 Å². The van der Waals surface area contributed by atoms with Crippen molar-refractivity contribution >= 4 is 23.0 Å². The van der Waals surface area contributed by atoms with E-state index in [1.807, 2.05) is 37.3 Å². The molecule has 3 aromatic carbocycles. The van der Waals surface area contributed by atoms with E-state index < -0.39 is 0 Å². The zero-order valence-corrected chi connectivity index (χ0v) is 13.4. The summed E-state index contributed by atoms with van der Waals surface area (Å²) in [7, 11) is 0. The van der Waals surface area contributed by atoms with E-state index in [1.54, 1.807) is 0 Å². The minimum atomic E-state index is 0.738. The molecule has 0 spiro atoms. The molecule has 1 aliphatic rings. The van der Waals surface area contributed by atoms with Crippen molar-refractivity contribution < 1.29 is 0 Å². The van der Waals surface area contributed by atoms with Gasteiger partial charge in [0.05, 0.1) is 11.4 Å². The maximum Gasteiger partial charge on any atom is 0.0990 e. The molecule has 0 amide bonds. The smallest absolute Gasteiger partial charge is 0.0990 e. The topological polar surface area (TPSA) is 24.4 Å². The number of halogens is 1. The highest BCUT2D eigenvalue weighted by molar-refractivity contribution is 6.31. The first-order chi connectivity index (χ1) is 11.2. The van der Waals surface area contributed by atoms with Crippen molar-refractivity contribution in [2.75, 3.05) is 5.43 Å². The second-order valence-electron chi connectivity index (χ2n) is 5.63. The van der Waals surface area contributed by atoms with Crippen LogP contribution in [-0.2, 0) is 0 Å². The Kier molecular flexibility index (Phi) is 3.40. The molecule has 3 aromatic rings. The summed E-state index contributed by atoms with van der Waals surface area (Å²) >= 11 is 6.18. The van der Waals surface area contributed by atoms with Crippen LogP contribution >= 0.6 is 11.6 Å². The zero-order chi connectivity index (χ0) is 15.8. The largest absolute Gasteiger partial charge is 0.278 e. The number of benzene rings is 3. The van der Waals surface area contributed by atoms with E-state index >= 15 is 0 Å². The van der Waals surface area contributed by atoms with Crippen LogP contribution in [0, 0.1) is 6.92 Å². The van der Waals surface area contributed by atoms with E-state index in [0.717, 1.165) is 33.1 Å². The molecule has 0 aromatic heterocycles. The normalized spacial score (nSPS) is 11.8. The predicted octanol–water partition coefficient (Wildman–Crippen LogP) is 5.49. The van der Waals surface area contributed by atoms with Crippen LogP contribution in [0.5, 0.6) is 0 Å². The van der Waals surface area contributed by atoms with Crippen LogP contribution in [-0.4, -0.2) is 5.71 Å². The average Bonchev–Trinajstić information content (AvgIpc) is 2.90. The summed E-state index contributed by atoms with van der Waals surface area (Å²) < 4.78 is 0. The van der Waals surface area contributed by atoms with Crippen molar-refractivity contribution in [2.45, 2.75) is 6.92 Å². The van der Waals surface area contributed by atoms with E-state index in [9.17, 15) is 0 Å². The fraction of sp³-hybridized carbons (Fsp3) is 0.0500. The van der Waals surface area contributed by atoms with Gasteiger partial charge in [0, 0.05) is 16.1 Å². The number of hydrazone groups is 1. The molecule has 0 aliphatic heterocycles. The highest BCUT2D eigenvalue weighted by Gasteiger charge is 2.23. The number of nitrogens with zero attached hydrogens (tertiary/aromatic N) is 1. The second-order valence-corrected chi connectivity index (χ2v) is 6.03. The third-order valence-corrected chi connectivity index (χ3v) is 4.53. The molecule has 4 rings (SSSR count). The molecule has 2 nitrogen and oxygen atoms in total. The molecular weight excluding hydrogens is 304 g/mol. The van der Waals surface area contributed by atoms with E-state index in [1.165, 1.54) is 11.1 Å². The Balaban J connectivity index is 1.77. The van der Waals surface area contributed by atoms with Gasteiger partial charge in [-0.1, -0.05) is 66.2 Å². The summed E-state index contributed by atoms with van der Waals surface area (Å²) in [5, 5.41) is 5.39. The molecule has 0 fully saturated rings. The quantitative estimate of drug-likeness (QED) is 0.485. The van der Waals surface area contributed by atoms with Gasteiger partial charge >= 0.3 is 0 Å². The second kappa shape index (κ2) is 5.56. The molecule has 0 saturated carbocycles. The van der Waals surface area contributed by atoms with Gasteiger partial charge in [-0.2, -0.15) is 5.10 Å². The molecule has 23 heavy (non-hydrogen) atoms. The Morgan fingerprint density at radius 3 is 1.91 bits per heavy atom. The summed E-state index contributed by atoms with van der Waals surface area (Å²) in [6.07, 6.45) is 0. The number of anilines is 1. The van der Waals surface area contributed by atoms with E-state index in [4.69, 9.17) is 11.6 Å². The summed E-state index contributed by atoms with van der Waals surface area (Å²) in [5.74, 6) is 0. The SMILES string of the molecule is Cc1ccc(NN=C2c3ccccc3-c3ccccc32)cc1Cl. The number of aryl methyl sites for hydroxylation is 1. The molecule has 0 atom stereocenters. The monoisotopic (exact) mass is 318 g/mol. The van der Waals surface area contributed by atoms with Gasteiger partial charge < -0.3 is 0 Å². The molecule has 1 N–H and O–H groups in total. The van der Waals surface area contributed by atoms with Gasteiger partial charge in [0.15, 0.2) is 0 Å². The third kappa shape index (κ3) is 2.41. The predicted molar refractivity (Wildman–Crippen MR) is 97.3 cm³/mol. The standard InChI is InChI=1S/C20H15ClN2/c1-13-10-11-14(12-19(13)21)22-23-20-17-8-4-2-6-15(17)16-7-3-5-9-18(16)20/h2-12,22H,1H3. The summed E-state index contributed by atoms with van der Waals surface area (Å²) in [6, 6.07) is 22.6. The lowest BCUT2D eigenvalue weighted by molar-refractivity contribution is 1.32. The van der Waals surface area contributed by atoms with Crippen molar-refractivity contribution in [3.8, 4) is 11.1 Å². The van der Waals surface area contributed by atoms with Crippen LogP contribution < -0.4 is 5.43 Å². The van der Waals surface area contributed by atoms with Gasteiger partial charge in [-0.25, -0.2) is 0 Å². The Labute approximate surface area is 140 Å². The fourth-order valence-electron chi connectivity index (χ4n) is 2.90. The molecular formula is C20H15ClN2. The molecule has 0 saturated heterocycles. The third-order valence-electron chi connectivity index (χ3n) is 4.12. The van der Waals surface area contributed by atoms with E-state index in [0.29, 0.717) is 0 Å². The van der Waals surface area contributed by atoms with Crippen LogP contribution in [0.1, 0.15) is 16.7 Å². The van der Waals surface area contributed by atoms with Crippen LogP contribution in [0.2, 0.25) is 5.02 Å². The zero-order valence-electron chi connectivity index (χ0n) is 12.7. The van der Waals surface area contributed by atoms with Gasteiger partial charge in [-0.3, -0.25) is 5.43 Å². The number of fused-ring (bicyclic) bond motifs is 3. The van der Waals surface area contributed by atoms with Gasteiger partial charge in [-0.05, 0) is 35.7 Å². The molecule has 0 radical (unpaired) electrons. The van der Waals surface area contributed by atoms with Crippen LogP contribution in [0.25, 0.3) is 11.1 Å². The lowest BCUT2D eigenvalue weighted by Gasteiger charge is -2.06. The van der Waals surface area contributed by atoms with Crippen molar-refractivity contribution in [2.24, 2.45) is 5.10 Å². The molecule has 0 unspecified atom stereocenters. The first-order valence-corrected chi connectivity index (χ1v) is 7.91. The summed E-state index contributed by atoms with van der Waals surface area (Å²) in [5.41, 5.74) is 10.8. The lowest BCUT2D eigenvalue weighted by Crippen LogP contribution is -2.02. The van der Waals surface area contributed by atoms with Gasteiger partial charge in [-0.15, -0.1) is 0 Å². The van der Waals surface area contributed by atoms with Gasteiger partial charge in [0.2, 0.25) is 0 Å². The minimum absolute atomic E-state index is 0.738. The number of nitrogens with one attached hydrogen (secondary N) is 1. The van der Waals surface area contributed by atoms with Crippen LogP contribution in [0.15, 0.2) is 71.8 Å². The van der Waals surface area contributed by atoms with Gasteiger partial charge in [0.25, 0.3) is 0 Å². The Bertz CT molecular complexity index is 881. The summed E-state index contributed by atoms with van der Waals surface area (Å²) in [4.78, 5) is 0. The lowest BCUT2D eigenvalue weighted by atomic mass is 10.1. The molecule has 0 heterocycles. The molecule has 112 valence electrons. The van der Waals surface area contributed by atoms with Crippen LogP contribution in [0.3, 0.4) is 0 Å². The maximum atomic E-state index is 6.18. The van der Waals surface area contributed by atoms with Crippen LogP contribution in [0.4, 0.5) is 5.69 Å². The van der Waals surface area contributed by atoms with Crippen molar-refractivity contribution in [3.05, 3.63) is 88.4 Å². The Morgan fingerprint density at radius 2 is 1.35 bits per heavy atom. The van der Waals surface area contributed by atoms with Gasteiger partial charge in [0.1, 0.15) is 0 Å². The fourth-order valence-corrected chi connectivity index (χ4v) is 3.08.